The Morgan fingerprint density at radius 2 is 1.90 bits per heavy atom. The Morgan fingerprint density at radius 3 is 2.50 bits per heavy atom. The Bertz CT molecular complexity index is 599. The van der Waals surface area contributed by atoms with Crippen LogP contribution in [-0.4, -0.2) is 11.5 Å². The Kier molecular flexibility index (Phi) is 4.69. The van der Waals surface area contributed by atoms with Crippen molar-refractivity contribution in [1.29, 1.82) is 0 Å². The summed E-state index contributed by atoms with van der Waals surface area (Å²) in [6.07, 6.45) is 0. The quantitative estimate of drug-likeness (QED) is 0.854. The number of thiocarbonyl (C=S) groups is 1. The van der Waals surface area contributed by atoms with Gasteiger partial charge in [-0.25, -0.2) is 4.39 Å². The summed E-state index contributed by atoms with van der Waals surface area (Å²) in [5, 5.41) is 0. The lowest BCUT2D eigenvalue weighted by atomic mass is 10.1. The van der Waals surface area contributed by atoms with E-state index in [0.717, 1.165) is 17.8 Å². The molecule has 0 saturated carbocycles. The molecular weight excluding hydrogens is 271 g/mol. The van der Waals surface area contributed by atoms with Gasteiger partial charge in [-0.2, -0.15) is 0 Å². The molecule has 0 unspecified atom stereocenters. The van der Waals surface area contributed by atoms with Gasteiger partial charge in [0.2, 0.25) is 0 Å². The summed E-state index contributed by atoms with van der Waals surface area (Å²) in [5.74, 6) is -0.320. The molecule has 0 atom stereocenters. The van der Waals surface area contributed by atoms with Crippen molar-refractivity contribution in [1.82, 2.24) is 0 Å². The minimum atomic E-state index is -0.320. The minimum Gasteiger partial charge on any atom is -0.389 e. The third-order valence-electron chi connectivity index (χ3n) is 3.20. The van der Waals surface area contributed by atoms with E-state index in [1.54, 1.807) is 6.07 Å². The van der Waals surface area contributed by atoms with Crippen LogP contribution < -0.4 is 10.6 Å². The van der Waals surface area contributed by atoms with Crippen LogP contribution in [0.15, 0.2) is 48.5 Å². The highest BCUT2D eigenvalue weighted by atomic mass is 32.1. The second-order valence-electron chi connectivity index (χ2n) is 4.52. The Labute approximate surface area is 124 Å². The SMILES string of the molecule is CCN(Cc1ccc(F)cc1C(N)=S)c1ccccc1. The molecule has 0 aromatic heterocycles. The maximum atomic E-state index is 13.3. The van der Waals surface area contributed by atoms with Crippen molar-refractivity contribution in [3.8, 4) is 0 Å². The zero-order valence-electron chi connectivity index (χ0n) is 11.3. The summed E-state index contributed by atoms with van der Waals surface area (Å²) in [6, 6.07) is 14.7. The van der Waals surface area contributed by atoms with Crippen LogP contribution in [0.5, 0.6) is 0 Å². The standard InChI is InChI=1S/C16H17FN2S/c1-2-19(14-6-4-3-5-7-14)11-12-8-9-13(17)10-15(12)16(18)20/h3-10H,2,11H2,1H3,(H2,18,20). The molecule has 2 rings (SSSR count). The largest absolute Gasteiger partial charge is 0.389 e. The summed E-state index contributed by atoms with van der Waals surface area (Å²) >= 11 is 5.01. The second kappa shape index (κ2) is 6.48. The summed E-state index contributed by atoms with van der Waals surface area (Å²) in [5.41, 5.74) is 8.35. The fraction of sp³-hybridized carbons (Fsp3) is 0.188. The normalized spacial score (nSPS) is 10.3. The lowest BCUT2D eigenvalue weighted by Crippen LogP contribution is -2.24. The molecule has 20 heavy (non-hydrogen) atoms. The smallest absolute Gasteiger partial charge is 0.123 e. The monoisotopic (exact) mass is 288 g/mol. The van der Waals surface area contributed by atoms with Crippen LogP contribution in [-0.2, 0) is 6.54 Å². The van der Waals surface area contributed by atoms with Gasteiger partial charge in [-0.1, -0.05) is 36.5 Å². The molecule has 0 amide bonds. The summed E-state index contributed by atoms with van der Waals surface area (Å²) in [7, 11) is 0. The van der Waals surface area contributed by atoms with Gasteiger partial charge in [0.1, 0.15) is 10.8 Å². The van der Waals surface area contributed by atoms with E-state index in [1.165, 1.54) is 12.1 Å². The first-order chi connectivity index (χ1) is 9.61. The Hall–Kier alpha value is -1.94. The maximum absolute atomic E-state index is 13.3. The van der Waals surface area contributed by atoms with Gasteiger partial charge >= 0.3 is 0 Å². The molecule has 2 nitrogen and oxygen atoms in total. The van der Waals surface area contributed by atoms with Gasteiger partial charge in [-0.3, -0.25) is 0 Å². The lowest BCUT2D eigenvalue weighted by molar-refractivity contribution is 0.626. The van der Waals surface area contributed by atoms with Crippen LogP contribution in [0, 0.1) is 5.82 Å². The van der Waals surface area contributed by atoms with E-state index in [9.17, 15) is 4.39 Å². The number of benzene rings is 2. The van der Waals surface area contributed by atoms with Crippen molar-refractivity contribution >= 4 is 22.9 Å². The number of para-hydroxylation sites is 1. The predicted octanol–water partition coefficient (Wildman–Crippen LogP) is 3.49. The first kappa shape index (κ1) is 14.5. The zero-order chi connectivity index (χ0) is 14.5. The average molecular weight is 288 g/mol. The van der Waals surface area contributed by atoms with Gasteiger partial charge in [0.05, 0.1) is 0 Å². The topological polar surface area (TPSA) is 29.3 Å². The zero-order valence-corrected chi connectivity index (χ0v) is 12.2. The summed E-state index contributed by atoms with van der Waals surface area (Å²) in [6.45, 7) is 3.57. The van der Waals surface area contributed by atoms with Crippen LogP contribution in [0.1, 0.15) is 18.1 Å². The number of nitrogens with two attached hydrogens (primary N) is 1. The van der Waals surface area contributed by atoms with Gasteiger partial charge < -0.3 is 10.6 Å². The molecule has 2 aromatic carbocycles. The third-order valence-corrected chi connectivity index (χ3v) is 3.42. The van der Waals surface area contributed by atoms with Crippen LogP contribution in [0.2, 0.25) is 0 Å². The predicted molar refractivity (Wildman–Crippen MR) is 85.5 cm³/mol. The van der Waals surface area contributed by atoms with E-state index in [-0.39, 0.29) is 10.8 Å². The van der Waals surface area contributed by atoms with Crippen molar-refractivity contribution in [3.63, 3.8) is 0 Å². The van der Waals surface area contributed by atoms with Crippen LogP contribution in [0.4, 0.5) is 10.1 Å². The molecule has 0 bridgehead atoms. The van der Waals surface area contributed by atoms with Crippen molar-refractivity contribution in [2.45, 2.75) is 13.5 Å². The van der Waals surface area contributed by atoms with Crippen molar-refractivity contribution in [3.05, 3.63) is 65.5 Å². The van der Waals surface area contributed by atoms with E-state index in [2.05, 4.69) is 11.8 Å². The van der Waals surface area contributed by atoms with Crippen molar-refractivity contribution < 1.29 is 4.39 Å². The molecule has 0 heterocycles. The lowest BCUT2D eigenvalue weighted by Gasteiger charge is -2.24. The number of anilines is 1. The van der Waals surface area contributed by atoms with Gasteiger partial charge in [0.15, 0.2) is 0 Å². The van der Waals surface area contributed by atoms with E-state index in [0.29, 0.717) is 12.1 Å². The van der Waals surface area contributed by atoms with E-state index >= 15 is 0 Å². The van der Waals surface area contributed by atoms with Crippen LogP contribution >= 0.6 is 12.2 Å². The number of nitrogens with zero attached hydrogens (tertiary/aromatic N) is 1. The first-order valence-corrected chi connectivity index (χ1v) is 6.91. The Balaban J connectivity index is 2.31. The molecule has 0 saturated heterocycles. The molecule has 2 N–H and O–H groups in total. The van der Waals surface area contributed by atoms with Crippen molar-refractivity contribution in [2.75, 3.05) is 11.4 Å². The molecule has 104 valence electrons. The van der Waals surface area contributed by atoms with Gasteiger partial charge in [-0.05, 0) is 36.8 Å². The maximum Gasteiger partial charge on any atom is 0.123 e. The fourth-order valence-corrected chi connectivity index (χ4v) is 2.34. The van der Waals surface area contributed by atoms with Gasteiger partial charge in [-0.15, -0.1) is 0 Å². The molecule has 0 spiro atoms. The number of halogens is 1. The highest BCUT2D eigenvalue weighted by molar-refractivity contribution is 7.80. The second-order valence-corrected chi connectivity index (χ2v) is 4.96. The molecule has 2 aromatic rings. The first-order valence-electron chi connectivity index (χ1n) is 6.50. The highest BCUT2D eigenvalue weighted by Gasteiger charge is 2.11. The minimum absolute atomic E-state index is 0.226. The van der Waals surface area contributed by atoms with E-state index in [1.807, 2.05) is 30.3 Å². The molecule has 0 fully saturated rings. The molecule has 0 aliphatic carbocycles. The highest BCUT2D eigenvalue weighted by Crippen LogP contribution is 2.19. The molecule has 0 aliphatic heterocycles. The molecule has 0 radical (unpaired) electrons. The summed E-state index contributed by atoms with van der Waals surface area (Å²) < 4.78 is 13.3. The fourth-order valence-electron chi connectivity index (χ4n) is 2.15. The van der Waals surface area contributed by atoms with E-state index in [4.69, 9.17) is 18.0 Å². The molecular formula is C16H17FN2S. The Morgan fingerprint density at radius 1 is 1.20 bits per heavy atom. The average Bonchev–Trinajstić information content (AvgIpc) is 2.46. The number of hydrogen-bond donors (Lipinski definition) is 1. The third kappa shape index (κ3) is 3.33. The number of rotatable bonds is 5. The molecule has 4 heteroatoms. The van der Waals surface area contributed by atoms with Crippen LogP contribution in [0.25, 0.3) is 0 Å². The van der Waals surface area contributed by atoms with E-state index < -0.39 is 0 Å². The van der Waals surface area contributed by atoms with Crippen LogP contribution in [0.3, 0.4) is 0 Å². The molecule has 0 aliphatic rings. The van der Waals surface area contributed by atoms with Crippen molar-refractivity contribution in [2.24, 2.45) is 5.73 Å². The van der Waals surface area contributed by atoms with Gasteiger partial charge in [0, 0.05) is 24.3 Å². The number of hydrogen-bond acceptors (Lipinski definition) is 2. The van der Waals surface area contributed by atoms with Gasteiger partial charge in [0.25, 0.3) is 0 Å². The summed E-state index contributed by atoms with van der Waals surface area (Å²) in [4.78, 5) is 2.42.